The topological polar surface area (TPSA) is 0 Å². The minimum absolute atomic E-state index is 0.358. The Morgan fingerprint density at radius 2 is 2.22 bits per heavy atom. The monoisotopic (exact) mass is 184 g/mol. The summed E-state index contributed by atoms with van der Waals surface area (Å²) in [7, 11) is 0. The maximum Gasteiger partial charge on any atom is 0.113 e. The first-order valence-electron chi connectivity index (χ1n) is 2.90. The molecule has 3 heteroatoms. The van der Waals surface area contributed by atoms with Crippen LogP contribution >= 0.6 is 35.0 Å². The fraction of sp³-hybridized carbons (Fsp3) is 0.667. The predicted octanol–water partition coefficient (Wildman–Crippen LogP) is 3.80. The molecule has 0 N–H and O–H groups in total. The molecule has 0 atom stereocenters. The SMILES string of the molecule is CCCCSC=C(Cl)Cl. The van der Waals surface area contributed by atoms with Gasteiger partial charge in [0.1, 0.15) is 4.49 Å². The summed E-state index contributed by atoms with van der Waals surface area (Å²) < 4.78 is 0.358. The Morgan fingerprint density at radius 1 is 1.56 bits per heavy atom. The van der Waals surface area contributed by atoms with Crippen LogP contribution < -0.4 is 0 Å². The van der Waals surface area contributed by atoms with Gasteiger partial charge < -0.3 is 0 Å². The lowest BCUT2D eigenvalue weighted by Crippen LogP contribution is -1.72. The molecule has 0 aromatic rings. The van der Waals surface area contributed by atoms with E-state index in [0.29, 0.717) is 4.49 Å². The van der Waals surface area contributed by atoms with Crippen molar-refractivity contribution >= 4 is 35.0 Å². The number of rotatable bonds is 4. The normalized spacial score (nSPS) is 9.22. The van der Waals surface area contributed by atoms with Gasteiger partial charge in [-0.25, -0.2) is 0 Å². The van der Waals surface area contributed by atoms with Gasteiger partial charge in [-0.3, -0.25) is 0 Å². The van der Waals surface area contributed by atoms with Crippen molar-refractivity contribution < 1.29 is 0 Å². The molecule has 0 amide bonds. The van der Waals surface area contributed by atoms with Crippen LogP contribution in [0.4, 0.5) is 0 Å². The van der Waals surface area contributed by atoms with Crippen LogP contribution in [0.1, 0.15) is 19.8 Å². The van der Waals surface area contributed by atoms with Crippen molar-refractivity contribution in [3.8, 4) is 0 Å². The van der Waals surface area contributed by atoms with E-state index in [9.17, 15) is 0 Å². The van der Waals surface area contributed by atoms with E-state index in [1.54, 1.807) is 17.2 Å². The standard InChI is InChI=1S/C6H10Cl2S/c1-2-3-4-9-5-6(7)8/h5H,2-4H2,1H3. The molecule has 0 unspecified atom stereocenters. The largest absolute Gasteiger partial charge is 0.132 e. The molecule has 0 aliphatic heterocycles. The zero-order valence-electron chi connectivity index (χ0n) is 5.36. The van der Waals surface area contributed by atoms with Crippen LogP contribution in [0.2, 0.25) is 0 Å². The summed E-state index contributed by atoms with van der Waals surface area (Å²) >= 11 is 12.4. The summed E-state index contributed by atoms with van der Waals surface area (Å²) in [4.78, 5) is 0. The van der Waals surface area contributed by atoms with Crippen LogP contribution in [0.25, 0.3) is 0 Å². The van der Waals surface area contributed by atoms with Crippen molar-refractivity contribution in [2.75, 3.05) is 5.75 Å². The van der Waals surface area contributed by atoms with Crippen LogP contribution in [-0.4, -0.2) is 5.75 Å². The molecule has 0 nitrogen and oxygen atoms in total. The molecule has 0 saturated heterocycles. The Kier molecular flexibility index (Phi) is 7.29. The van der Waals surface area contributed by atoms with E-state index < -0.39 is 0 Å². The highest BCUT2D eigenvalue weighted by Crippen LogP contribution is 2.14. The number of halogens is 2. The van der Waals surface area contributed by atoms with Gasteiger partial charge in [0.25, 0.3) is 0 Å². The van der Waals surface area contributed by atoms with Crippen molar-refractivity contribution in [1.29, 1.82) is 0 Å². The van der Waals surface area contributed by atoms with Gasteiger partial charge in [0.2, 0.25) is 0 Å². The third-order valence-corrected chi connectivity index (χ3v) is 2.19. The second-order valence-corrected chi connectivity index (χ2v) is 3.62. The minimum Gasteiger partial charge on any atom is -0.132 e. The Morgan fingerprint density at radius 3 is 2.67 bits per heavy atom. The van der Waals surface area contributed by atoms with Crippen molar-refractivity contribution in [3.05, 3.63) is 9.90 Å². The average Bonchev–Trinajstić information content (AvgIpc) is 1.80. The molecule has 0 rings (SSSR count). The Hall–Kier alpha value is 0.670. The molecule has 0 saturated carbocycles. The number of hydrogen-bond donors (Lipinski definition) is 0. The van der Waals surface area contributed by atoms with Crippen LogP contribution in [0.3, 0.4) is 0 Å². The number of hydrogen-bond acceptors (Lipinski definition) is 1. The van der Waals surface area contributed by atoms with Gasteiger partial charge in [-0.15, -0.1) is 11.8 Å². The highest BCUT2D eigenvalue weighted by molar-refractivity contribution is 8.02. The predicted molar refractivity (Wildman–Crippen MR) is 47.2 cm³/mol. The lowest BCUT2D eigenvalue weighted by Gasteiger charge is -1.90. The molecule has 9 heavy (non-hydrogen) atoms. The summed E-state index contributed by atoms with van der Waals surface area (Å²) in [6, 6.07) is 0. The fourth-order valence-electron chi connectivity index (χ4n) is 0.350. The first-order chi connectivity index (χ1) is 4.27. The van der Waals surface area contributed by atoms with Gasteiger partial charge in [0, 0.05) is 5.41 Å². The molecular formula is C6H10Cl2S. The molecule has 0 aliphatic rings. The number of thioether (sulfide) groups is 1. The highest BCUT2D eigenvalue weighted by Gasteiger charge is 1.84. The summed E-state index contributed by atoms with van der Waals surface area (Å²) in [5, 5.41) is 1.76. The zero-order valence-corrected chi connectivity index (χ0v) is 7.69. The Labute approximate surface area is 70.6 Å². The van der Waals surface area contributed by atoms with Crippen molar-refractivity contribution in [3.63, 3.8) is 0 Å². The van der Waals surface area contributed by atoms with E-state index in [1.807, 2.05) is 0 Å². The van der Waals surface area contributed by atoms with E-state index >= 15 is 0 Å². The maximum absolute atomic E-state index is 5.36. The van der Waals surface area contributed by atoms with Gasteiger partial charge in [-0.1, -0.05) is 36.5 Å². The van der Waals surface area contributed by atoms with E-state index in [0.717, 1.165) is 5.75 Å². The van der Waals surface area contributed by atoms with Gasteiger partial charge in [-0.2, -0.15) is 0 Å². The first kappa shape index (κ1) is 9.67. The molecule has 0 fully saturated rings. The lowest BCUT2D eigenvalue weighted by atomic mass is 10.4. The summed E-state index contributed by atoms with van der Waals surface area (Å²) in [5.74, 6) is 1.11. The first-order valence-corrected chi connectivity index (χ1v) is 4.70. The van der Waals surface area contributed by atoms with E-state index in [1.165, 1.54) is 12.8 Å². The molecule has 0 bridgehead atoms. The third-order valence-electron chi connectivity index (χ3n) is 0.788. The van der Waals surface area contributed by atoms with Crippen LogP contribution in [0.15, 0.2) is 9.90 Å². The van der Waals surface area contributed by atoms with Gasteiger partial charge >= 0.3 is 0 Å². The molecule has 0 radical (unpaired) electrons. The highest BCUT2D eigenvalue weighted by atomic mass is 35.5. The van der Waals surface area contributed by atoms with Gasteiger partial charge in [-0.05, 0) is 12.2 Å². The second kappa shape index (κ2) is 6.79. The minimum atomic E-state index is 0.358. The molecule has 0 spiro atoms. The van der Waals surface area contributed by atoms with Crippen LogP contribution in [0.5, 0.6) is 0 Å². The van der Waals surface area contributed by atoms with Crippen LogP contribution in [-0.2, 0) is 0 Å². The van der Waals surface area contributed by atoms with Gasteiger partial charge in [0.05, 0.1) is 0 Å². The second-order valence-electron chi connectivity index (χ2n) is 1.63. The van der Waals surface area contributed by atoms with E-state index in [2.05, 4.69) is 6.92 Å². The van der Waals surface area contributed by atoms with E-state index in [-0.39, 0.29) is 0 Å². The quantitative estimate of drug-likeness (QED) is 0.600. The third kappa shape index (κ3) is 8.67. The Bertz CT molecular complexity index is 87.1. The molecule has 0 aliphatic carbocycles. The average molecular weight is 185 g/mol. The molecular weight excluding hydrogens is 175 g/mol. The van der Waals surface area contributed by atoms with Crippen molar-refractivity contribution in [2.24, 2.45) is 0 Å². The van der Waals surface area contributed by atoms with E-state index in [4.69, 9.17) is 23.2 Å². The lowest BCUT2D eigenvalue weighted by molar-refractivity contribution is 0.898. The molecule has 54 valence electrons. The smallest absolute Gasteiger partial charge is 0.113 e. The fourth-order valence-corrected chi connectivity index (χ4v) is 1.43. The van der Waals surface area contributed by atoms with Crippen molar-refractivity contribution in [2.45, 2.75) is 19.8 Å². The van der Waals surface area contributed by atoms with Crippen molar-refractivity contribution in [1.82, 2.24) is 0 Å². The van der Waals surface area contributed by atoms with Crippen LogP contribution in [0, 0.1) is 0 Å². The Balaban J connectivity index is 3.00. The summed E-state index contributed by atoms with van der Waals surface area (Å²) in [6.45, 7) is 2.16. The van der Waals surface area contributed by atoms with Gasteiger partial charge in [0.15, 0.2) is 0 Å². The summed E-state index contributed by atoms with van der Waals surface area (Å²) in [5.41, 5.74) is 0. The summed E-state index contributed by atoms with van der Waals surface area (Å²) in [6.07, 6.45) is 2.45. The zero-order chi connectivity index (χ0) is 7.11. The molecule has 0 heterocycles. The molecule has 0 aromatic carbocycles. The maximum atomic E-state index is 5.36. The molecule has 0 aromatic heterocycles. The number of unbranched alkanes of at least 4 members (excludes halogenated alkanes) is 1.